The van der Waals surface area contributed by atoms with Gasteiger partial charge in [-0.15, -0.1) is 11.8 Å². The molecule has 0 bridgehead atoms. The van der Waals surface area contributed by atoms with Crippen molar-refractivity contribution in [2.24, 2.45) is 5.41 Å². The number of nitrogens with one attached hydrogen (secondary N) is 3. The number of hydrogen-bond acceptors (Lipinski definition) is 7. The van der Waals surface area contributed by atoms with Crippen molar-refractivity contribution in [3.8, 4) is 11.1 Å². The number of carboxylic acids is 1. The fraction of sp³-hybridized carbons (Fsp3) is 0.372. The van der Waals surface area contributed by atoms with Crippen molar-refractivity contribution < 1.29 is 42.6 Å². The summed E-state index contributed by atoms with van der Waals surface area (Å²) in [6.45, 7) is 9.25. The van der Waals surface area contributed by atoms with E-state index in [1.165, 1.54) is 13.8 Å². The molecule has 58 heavy (non-hydrogen) atoms. The van der Waals surface area contributed by atoms with E-state index in [1.54, 1.807) is 17.2 Å². The number of hydrogen-bond donors (Lipinski definition) is 4. The van der Waals surface area contributed by atoms with E-state index in [4.69, 9.17) is 4.74 Å². The molecule has 310 valence electrons. The fourth-order valence-electron chi connectivity index (χ4n) is 6.40. The standard InChI is InChI=1S/C43H51F2N5O7S/c1-28(47-42(56)57-25-31-15-10-7-11-16-31)40(53)46-19-12-20-50(38(52)27-58-26-36(41(54)55)48-29(2)51)39(43(3,4)5)37-21-32(34-22-33(44)17-18-35(34)45)24-49(37)23-30-13-8-6-9-14-30/h6-11,13-18,21-22,24,28,36,39H,12,19-20,23,25-27H2,1-5H3,(H,46,53)(H,47,56)(H,48,51)(H,54,55). The van der Waals surface area contributed by atoms with Crippen LogP contribution in [0.5, 0.6) is 0 Å². The summed E-state index contributed by atoms with van der Waals surface area (Å²) in [5, 5.41) is 17.3. The van der Waals surface area contributed by atoms with Crippen molar-refractivity contribution in [1.82, 2.24) is 25.4 Å². The first kappa shape index (κ1) is 45.0. The van der Waals surface area contributed by atoms with Crippen LogP contribution in [0.15, 0.2) is 91.1 Å². The smallest absolute Gasteiger partial charge is 0.408 e. The Bertz CT molecular complexity index is 2020. The van der Waals surface area contributed by atoms with E-state index in [1.807, 2.05) is 86.0 Å². The second-order valence-corrected chi connectivity index (χ2v) is 16.0. The zero-order chi connectivity index (χ0) is 42.4. The molecule has 0 aliphatic heterocycles. The van der Waals surface area contributed by atoms with Crippen molar-refractivity contribution in [3.05, 3.63) is 120 Å². The largest absolute Gasteiger partial charge is 0.480 e. The van der Waals surface area contributed by atoms with Gasteiger partial charge in [0, 0.05) is 55.3 Å². The Morgan fingerprint density at radius 1 is 0.914 bits per heavy atom. The molecule has 0 spiro atoms. The molecule has 0 saturated heterocycles. The third kappa shape index (κ3) is 13.5. The van der Waals surface area contributed by atoms with Gasteiger partial charge >= 0.3 is 12.1 Å². The molecule has 3 aromatic carbocycles. The molecule has 12 nitrogen and oxygen atoms in total. The molecule has 1 aromatic heterocycles. The number of nitrogens with zero attached hydrogens (tertiary/aromatic N) is 2. The highest BCUT2D eigenvalue weighted by Gasteiger charge is 2.37. The van der Waals surface area contributed by atoms with Crippen molar-refractivity contribution >= 4 is 41.5 Å². The summed E-state index contributed by atoms with van der Waals surface area (Å²) in [5.74, 6) is -4.00. The van der Waals surface area contributed by atoms with Gasteiger partial charge in [0.2, 0.25) is 17.7 Å². The van der Waals surface area contributed by atoms with Crippen LogP contribution in [0.4, 0.5) is 13.6 Å². The lowest BCUT2D eigenvalue weighted by Crippen LogP contribution is -2.47. The number of halogens is 2. The molecule has 0 aliphatic rings. The van der Waals surface area contributed by atoms with Gasteiger partial charge in [-0.25, -0.2) is 18.4 Å². The number of amides is 4. The first-order valence-corrected chi connectivity index (χ1v) is 20.0. The molecule has 3 unspecified atom stereocenters. The molecule has 0 saturated carbocycles. The summed E-state index contributed by atoms with van der Waals surface area (Å²) >= 11 is 1.05. The van der Waals surface area contributed by atoms with E-state index in [0.717, 1.165) is 41.1 Å². The highest BCUT2D eigenvalue weighted by atomic mass is 32.2. The lowest BCUT2D eigenvalue weighted by atomic mass is 9.83. The predicted molar refractivity (Wildman–Crippen MR) is 219 cm³/mol. The molecular weight excluding hydrogens is 769 g/mol. The van der Waals surface area contributed by atoms with Gasteiger partial charge in [-0.3, -0.25) is 14.4 Å². The summed E-state index contributed by atoms with van der Waals surface area (Å²) in [4.78, 5) is 64.8. The lowest BCUT2D eigenvalue weighted by molar-refractivity contribution is -0.140. The Labute approximate surface area is 341 Å². The average Bonchev–Trinajstić information content (AvgIpc) is 3.57. The molecule has 4 amide bonds. The fourth-order valence-corrected chi connectivity index (χ4v) is 7.32. The molecule has 0 fully saturated rings. The monoisotopic (exact) mass is 819 g/mol. The van der Waals surface area contributed by atoms with Crippen LogP contribution in [0.2, 0.25) is 0 Å². The topological polar surface area (TPSA) is 159 Å². The number of carboxylic acid groups (broad SMARTS) is 1. The van der Waals surface area contributed by atoms with Crippen LogP contribution < -0.4 is 16.0 Å². The van der Waals surface area contributed by atoms with Crippen LogP contribution in [0.25, 0.3) is 11.1 Å². The number of carbonyl (C=O) groups excluding carboxylic acids is 4. The van der Waals surface area contributed by atoms with Crippen LogP contribution in [0, 0.1) is 17.0 Å². The highest BCUT2D eigenvalue weighted by molar-refractivity contribution is 8.00. The second kappa shape index (κ2) is 21.2. The van der Waals surface area contributed by atoms with Gasteiger partial charge in [-0.05, 0) is 54.2 Å². The maximum atomic E-state index is 15.2. The van der Waals surface area contributed by atoms with Gasteiger partial charge in [-0.2, -0.15) is 0 Å². The van der Waals surface area contributed by atoms with Gasteiger partial charge in [-0.1, -0.05) is 81.4 Å². The van der Waals surface area contributed by atoms with Crippen LogP contribution in [0.3, 0.4) is 0 Å². The number of aromatic nitrogens is 1. The SMILES string of the molecule is CC(=O)NC(CSCC(=O)N(CCCNC(=O)C(C)NC(=O)OCc1ccccc1)C(c1cc(-c2cc(F)ccc2F)cn1Cc1ccccc1)C(C)(C)C)C(=O)O. The normalized spacial score (nSPS) is 12.8. The molecule has 0 radical (unpaired) electrons. The zero-order valence-electron chi connectivity index (χ0n) is 33.3. The highest BCUT2D eigenvalue weighted by Crippen LogP contribution is 2.41. The van der Waals surface area contributed by atoms with E-state index < -0.39 is 59.1 Å². The number of alkyl carbamates (subject to hydrolysis) is 1. The Kier molecular flexibility index (Phi) is 16.4. The molecule has 1 heterocycles. The number of aliphatic carboxylic acids is 1. The first-order chi connectivity index (χ1) is 27.5. The predicted octanol–water partition coefficient (Wildman–Crippen LogP) is 6.54. The van der Waals surface area contributed by atoms with Crippen LogP contribution in [-0.4, -0.2) is 81.0 Å². The van der Waals surface area contributed by atoms with Crippen molar-refractivity contribution in [2.45, 2.75) is 72.3 Å². The number of ether oxygens (including phenoxy) is 1. The minimum absolute atomic E-state index is 0.0374. The Morgan fingerprint density at radius 2 is 1.57 bits per heavy atom. The third-order valence-electron chi connectivity index (χ3n) is 9.10. The first-order valence-electron chi connectivity index (χ1n) is 18.8. The van der Waals surface area contributed by atoms with E-state index in [9.17, 15) is 33.5 Å². The summed E-state index contributed by atoms with van der Waals surface area (Å²) in [6.07, 6.45) is 1.27. The van der Waals surface area contributed by atoms with Gasteiger partial charge in [0.25, 0.3) is 0 Å². The molecule has 3 atom stereocenters. The molecule has 4 aromatic rings. The second-order valence-electron chi connectivity index (χ2n) is 14.9. The maximum Gasteiger partial charge on any atom is 0.408 e. The van der Waals surface area contributed by atoms with Crippen LogP contribution in [-0.2, 0) is 37.1 Å². The molecule has 15 heteroatoms. The van der Waals surface area contributed by atoms with Gasteiger partial charge < -0.3 is 35.3 Å². The zero-order valence-corrected chi connectivity index (χ0v) is 34.1. The Hall–Kier alpha value is -5.70. The molecule has 4 rings (SSSR count). The lowest BCUT2D eigenvalue weighted by Gasteiger charge is -2.41. The summed E-state index contributed by atoms with van der Waals surface area (Å²) < 4.78 is 36.8. The molecular formula is C43H51F2N5O7S. The quantitative estimate of drug-likeness (QED) is 0.0777. The number of carbonyl (C=O) groups is 5. The van der Waals surface area contributed by atoms with Crippen LogP contribution >= 0.6 is 11.8 Å². The number of thioether (sulfide) groups is 1. The van der Waals surface area contributed by atoms with Gasteiger partial charge in [0.15, 0.2) is 0 Å². The summed E-state index contributed by atoms with van der Waals surface area (Å²) in [5.41, 5.74) is 2.19. The minimum atomic E-state index is -1.24. The molecule has 4 N–H and O–H groups in total. The third-order valence-corrected chi connectivity index (χ3v) is 10.1. The summed E-state index contributed by atoms with van der Waals surface area (Å²) in [6, 6.07) is 20.9. The van der Waals surface area contributed by atoms with E-state index >= 15 is 4.39 Å². The van der Waals surface area contributed by atoms with E-state index in [2.05, 4.69) is 16.0 Å². The minimum Gasteiger partial charge on any atom is -0.480 e. The Balaban J connectivity index is 1.60. The Morgan fingerprint density at radius 3 is 2.19 bits per heavy atom. The van der Waals surface area contributed by atoms with Crippen molar-refractivity contribution in [1.29, 1.82) is 0 Å². The van der Waals surface area contributed by atoms with Crippen molar-refractivity contribution in [2.75, 3.05) is 24.6 Å². The van der Waals surface area contributed by atoms with E-state index in [-0.39, 0.29) is 49.1 Å². The van der Waals surface area contributed by atoms with Gasteiger partial charge in [0.1, 0.15) is 30.3 Å². The van der Waals surface area contributed by atoms with E-state index in [0.29, 0.717) is 17.8 Å². The number of benzene rings is 3. The molecule has 0 aliphatic carbocycles. The summed E-state index contributed by atoms with van der Waals surface area (Å²) in [7, 11) is 0. The van der Waals surface area contributed by atoms with Gasteiger partial charge in [0.05, 0.1) is 11.8 Å². The number of rotatable bonds is 19. The van der Waals surface area contributed by atoms with Crippen LogP contribution in [0.1, 0.15) is 63.9 Å². The van der Waals surface area contributed by atoms with Crippen molar-refractivity contribution in [3.63, 3.8) is 0 Å². The average molecular weight is 820 g/mol. The maximum absolute atomic E-state index is 15.2.